The summed E-state index contributed by atoms with van der Waals surface area (Å²) in [6.07, 6.45) is 2.10. The molecule has 0 heterocycles. The Morgan fingerprint density at radius 3 is 2.19 bits per heavy atom. The van der Waals surface area contributed by atoms with Crippen LogP contribution in [0.1, 0.15) is 24.5 Å². The SMILES string of the molecule is COc1ccc(CCC(C)NC(=O)Cc2ccc(OC)c(OC)c2)cc1. The maximum atomic E-state index is 12.3. The van der Waals surface area contributed by atoms with E-state index in [0.717, 1.165) is 24.2 Å². The average Bonchev–Trinajstić information content (AvgIpc) is 2.66. The lowest BCUT2D eigenvalue weighted by Gasteiger charge is -2.15. The first-order valence-corrected chi connectivity index (χ1v) is 8.69. The Morgan fingerprint density at radius 1 is 0.923 bits per heavy atom. The van der Waals surface area contributed by atoms with Crippen molar-refractivity contribution in [3.63, 3.8) is 0 Å². The molecule has 5 heteroatoms. The van der Waals surface area contributed by atoms with E-state index in [1.54, 1.807) is 21.3 Å². The Bertz CT molecular complexity index is 712. The van der Waals surface area contributed by atoms with Gasteiger partial charge in [-0.05, 0) is 55.2 Å². The number of carbonyl (C=O) groups is 1. The highest BCUT2D eigenvalue weighted by atomic mass is 16.5. The molecule has 1 amide bonds. The van der Waals surface area contributed by atoms with Crippen LogP contribution in [0.15, 0.2) is 42.5 Å². The van der Waals surface area contributed by atoms with Crippen LogP contribution in [0.5, 0.6) is 17.2 Å². The van der Waals surface area contributed by atoms with Crippen LogP contribution in [-0.4, -0.2) is 33.3 Å². The van der Waals surface area contributed by atoms with E-state index >= 15 is 0 Å². The maximum Gasteiger partial charge on any atom is 0.224 e. The molecule has 2 aromatic rings. The van der Waals surface area contributed by atoms with Crippen LogP contribution in [0.4, 0.5) is 0 Å². The first-order chi connectivity index (χ1) is 12.5. The minimum Gasteiger partial charge on any atom is -0.497 e. The molecule has 0 aliphatic carbocycles. The topological polar surface area (TPSA) is 56.8 Å². The van der Waals surface area contributed by atoms with Gasteiger partial charge in [-0.25, -0.2) is 0 Å². The van der Waals surface area contributed by atoms with Gasteiger partial charge in [-0.3, -0.25) is 4.79 Å². The van der Waals surface area contributed by atoms with Crippen molar-refractivity contribution in [2.24, 2.45) is 0 Å². The number of amides is 1. The monoisotopic (exact) mass is 357 g/mol. The van der Waals surface area contributed by atoms with Crippen molar-refractivity contribution < 1.29 is 19.0 Å². The van der Waals surface area contributed by atoms with Gasteiger partial charge in [0.2, 0.25) is 5.91 Å². The van der Waals surface area contributed by atoms with Crippen molar-refractivity contribution in [3.8, 4) is 17.2 Å². The molecular formula is C21H27NO4. The van der Waals surface area contributed by atoms with Crippen LogP contribution >= 0.6 is 0 Å². The van der Waals surface area contributed by atoms with Crippen molar-refractivity contribution in [1.29, 1.82) is 0 Å². The third-order valence-corrected chi connectivity index (χ3v) is 4.25. The number of hydrogen-bond acceptors (Lipinski definition) is 4. The van der Waals surface area contributed by atoms with E-state index in [1.165, 1.54) is 5.56 Å². The molecule has 1 unspecified atom stereocenters. The van der Waals surface area contributed by atoms with Crippen molar-refractivity contribution in [3.05, 3.63) is 53.6 Å². The summed E-state index contributed by atoms with van der Waals surface area (Å²) < 4.78 is 15.7. The van der Waals surface area contributed by atoms with Gasteiger partial charge in [-0.1, -0.05) is 18.2 Å². The van der Waals surface area contributed by atoms with Crippen molar-refractivity contribution in [1.82, 2.24) is 5.32 Å². The fraction of sp³-hybridized carbons (Fsp3) is 0.381. The Labute approximate surface area is 155 Å². The molecule has 0 aromatic heterocycles. The Balaban J connectivity index is 1.82. The average molecular weight is 357 g/mol. The zero-order valence-corrected chi connectivity index (χ0v) is 15.9. The lowest BCUT2D eigenvalue weighted by Crippen LogP contribution is -2.34. The minimum atomic E-state index is -0.000509. The lowest BCUT2D eigenvalue weighted by atomic mass is 10.1. The molecule has 0 spiro atoms. The summed E-state index contributed by atoms with van der Waals surface area (Å²) in [6, 6.07) is 13.6. The van der Waals surface area contributed by atoms with E-state index in [9.17, 15) is 4.79 Å². The second kappa shape index (κ2) is 9.70. The van der Waals surface area contributed by atoms with Crippen molar-refractivity contribution in [2.75, 3.05) is 21.3 Å². The quantitative estimate of drug-likeness (QED) is 0.747. The molecule has 2 rings (SSSR count). The summed E-state index contributed by atoms with van der Waals surface area (Å²) in [7, 11) is 4.84. The van der Waals surface area contributed by atoms with Gasteiger partial charge in [0.25, 0.3) is 0 Å². The van der Waals surface area contributed by atoms with E-state index in [4.69, 9.17) is 14.2 Å². The molecule has 1 N–H and O–H groups in total. The molecule has 0 fully saturated rings. The zero-order chi connectivity index (χ0) is 18.9. The Morgan fingerprint density at radius 2 is 1.58 bits per heavy atom. The molecule has 0 bridgehead atoms. The third kappa shape index (κ3) is 5.69. The number of hydrogen-bond donors (Lipinski definition) is 1. The first kappa shape index (κ1) is 19.6. The molecule has 5 nitrogen and oxygen atoms in total. The van der Waals surface area contributed by atoms with Crippen LogP contribution in [0, 0.1) is 0 Å². The maximum absolute atomic E-state index is 12.3. The summed E-state index contributed by atoms with van der Waals surface area (Å²) in [4.78, 5) is 12.3. The minimum absolute atomic E-state index is 0.000509. The van der Waals surface area contributed by atoms with Crippen LogP contribution in [0.2, 0.25) is 0 Å². The highest BCUT2D eigenvalue weighted by Crippen LogP contribution is 2.27. The number of ether oxygens (including phenoxy) is 3. The van der Waals surface area contributed by atoms with Gasteiger partial charge in [0.05, 0.1) is 27.8 Å². The summed E-state index contributed by atoms with van der Waals surface area (Å²) >= 11 is 0. The molecule has 0 aliphatic heterocycles. The molecule has 0 saturated carbocycles. The third-order valence-electron chi connectivity index (χ3n) is 4.25. The standard InChI is InChI=1S/C21H27NO4/c1-15(5-6-16-7-10-18(24-2)11-8-16)22-21(23)14-17-9-12-19(25-3)20(13-17)26-4/h7-13,15H,5-6,14H2,1-4H3,(H,22,23). The Kier molecular flexibility index (Phi) is 7.33. The molecule has 0 aliphatic rings. The van der Waals surface area contributed by atoms with Crippen LogP contribution in [-0.2, 0) is 17.6 Å². The molecular weight excluding hydrogens is 330 g/mol. The number of methoxy groups -OCH3 is 3. The number of rotatable bonds is 9. The number of aryl methyl sites for hydroxylation is 1. The molecule has 1 atom stereocenters. The van der Waals surface area contributed by atoms with Gasteiger partial charge in [0.1, 0.15) is 5.75 Å². The van der Waals surface area contributed by atoms with Gasteiger partial charge in [-0.15, -0.1) is 0 Å². The van der Waals surface area contributed by atoms with E-state index < -0.39 is 0 Å². The summed E-state index contributed by atoms with van der Waals surface area (Å²) in [5.74, 6) is 2.14. The fourth-order valence-electron chi connectivity index (χ4n) is 2.75. The number of carbonyl (C=O) groups excluding carboxylic acids is 1. The molecule has 26 heavy (non-hydrogen) atoms. The second-order valence-corrected chi connectivity index (χ2v) is 6.22. The van der Waals surface area contributed by atoms with E-state index in [0.29, 0.717) is 17.9 Å². The number of benzene rings is 2. The lowest BCUT2D eigenvalue weighted by molar-refractivity contribution is -0.121. The van der Waals surface area contributed by atoms with Crippen molar-refractivity contribution in [2.45, 2.75) is 32.2 Å². The predicted octanol–water partition coefficient (Wildman–Crippen LogP) is 3.39. The summed E-state index contributed by atoms with van der Waals surface area (Å²) in [5, 5.41) is 3.05. The summed E-state index contributed by atoms with van der Waals surface area (Å²) in [5.41, 5.74) is 2.12. The molecule has 0 saturated heterocycles. The fourth-order valence-corrected chi connectivity index (χ4v) is 2.75. The molecule has 2 aromatic carbocycles. The Hall–Kier alpha value is -2.69. The van der Waals surface area contributed by atoms with Crippen LogP contribution in [0.3, 0.4) is 0 Å². The van der Waals surface area contributed by atoms with Gasteiger partial charge in [0, 0.05) is 6.04 Å². The predicted molar refractivity (Wildman–Crippen MR) is 102 cm³/mol. The smallest absolute Gasteiger partial charge is 0.224 e. The highest BCUT2D eigenvalue weighted by Gasteiger charge is 2.11. The normalized spacial score (nSPS) is 11.5. The van der Waals surface area contributed by atoms with Gasteiger partial charge >= 0.3 is 0 Å². The molecule has 0 radical (unpaired) electrons. The zero-order valence-electron chi connectivity index (χ0n) is 15.9. The van der Waals surface area contributed by atoms with E-state index in [-0.39, 0.29) is 11.9 Å². The van der Waals surface area contributed by atoms with Crippen LogP contribution in [0.25, 0.3) is 0 Å². The van der Waals surface area contributed by atoms with Gasteiger partial charge in [-0.2, -0.15) is 0 Å². The van der Waals surface area contributed by atoms with Crippen molar-refractivity contribution >= 4 is 5.91 Å². The highest BCUT2D eigenvalue weighted by molar-refractivity contribution is 5.79. The van der Waals surface area contributed by atoms with Gasteiger partial charge < -0.3 is 19.5 Å². The molecule has 140 valence electrons. The van der Waals surface area contributed by atoms with E-state index in [2.05, 4.69) is 17.4 Å². The van der Waals surface area contributed by atoms with E-state index in [1.807, 2.05) is 37.3 Å². The van der Waals surface area contributed by atoms with Crippen LogP contribution < -0.4 is 19.5 Å². The second-order valence-electron chi connectivity index (χ2n) is 6.22. The first-order valence-electron chi connectivity index (χ1n) is 8.69. The largest absolute Gasteiger partial charge is 0.497 e. The number of nitrogens with one attached hydrogen (secondary N) is 1. The summed E-state index contributed by atoms with van der Waals surface area (Å²) in [6.45, 7) is 2.02. The van der Waals surface area contributed by atoms with Gasteiger partial charge in [0.15, 0.2) is 11.5 Å².